The minimum absolute atomic E-state index is 0. The third-order valence-electron chi connectivity index (χ3n) is 3.69. The van der Waals surface area contributed by atoms with E-state index in [1.807, 2.05) is 0 Å². The molecule has 3 N–H and O–H groups in total. The quantitative estimate of drug-likeness (QED) is 0.852. The zero-order chi connectivity index (χ0) is 16.2. The summed E-state index contributed by atoms with van der Waals surface area (Å²) in [6, 6.07) is 5.97. The molecule has 1 fully saturated rings. The number of carbonyl (C=O) groups excluding carboxylic acids is 1. The third-order valence-corrected chi connectivity index (χ3v) is 3.69. The lowest BCUT2D eigenvalue weighted by molar-refractivity contribution is -0.153. The predicted octanol–water partition coefficient (Wildman–Crippen LogP) is 3.51. The molecule has 0 saturated heterocycles. The van der Waals surface area contributed by atoms with E-state index in [-0.39, 0.29) is 36.0 Å². The van der Waals surface area contributed by atoms with Crippen molar-refractivity contribution in [3.8, 4) is 5.75 Å². The fourth-order valence-electron chi connectivity index (χ4n) is 2.60. The molecule has 2 rings (SSSR count). The SMILES string of the molecule is Cl.N[C@@H]1CCC[C@H]1CC(=O)Nc1cccc(OCC(F)(F)F)c1. The molecular formula is C15H20ClF3N2O2. The summed E-state index contributed by atoms with van der Waals surface area (Å²) in [4.78, 5) is 12.0. The topological polar surface area (TPSA) is 64.4 Å². The van der Waals surface area contributed by atoms with Gasteiger partial charge in [0.25, 0.3) is 0 Å². The highest BCUT2D eigenvalue weighted by molar-refractivity contribution is 5.91. The highest BCUT2D eigenvalue weighted by Gasteiger charge is 2.28. The van der Waals surface area contributed by atoms with E-state index in [0.717, 1.165) is 19.3 Å². The number of halogens is 4. The van der Waals surface area contributed by atoms with Gasteiger partial charge in [0.15, 0.2) is 6.61 Å². The molecule has 1 aliphatic carbocycles. The molecule has 0 unspecified atom stereocenters. The first-order valence-electron chi connectivity index (χ1n) is 7.18. The lowest BCUT2D eigenvalue weighted by Gasteiger charge is -2.15. The number of ether oxygens (including phenoxy) is 1. The van der Waals surface area contributed by atoms with E-state index in [2.05, 4.69) is 10.1 Å². The van der Waals surface area contributed by atoms with Gasteiger partial charge in [0.2, 0.25) is 5.91 Å². The molecule has 1 saturated carbocycles. The Balaban J connectivity index is 0.00000264. The summed E-state index contributed by atoms with van der Waals surface area (Å²) < 4.78 is 41.0. The molecule has 0 heterocycles. The highest BCUT2D eigenvalue weighted by Crippen LogP contribution is 2.27. The van der Waals surface area contributed by atoms with Gasteiger partial charge in [-0.05, 0) is 30.9 Å². The van der Waals surface area contributed by atoms with Gasteiger partial charge >= 0.3 is 6.18 Å². The first-order chi connectivity index (χ1) is 10.3. The largest absolute Gasteiger partial charge is 0.484 e. The van der Waals surface area contributed by atoms with Gasteiger partial charge in [0.05, 0.1) is 0 Å². The Morgan fingerprint density at radius 1 is 1.35 bits per heavy atom. The second-order valence-electron chi connectivity index (χ2n) is 5.54. The Morgan fingerprint density at radius 3 is 2.70 bits per heavy atom. The van der Waals surface area contributed by atoms with Crippen LogP contribution in [0.15, 0.2) is 24.3 Å². The van der Waals surface area contributed by atoms with E-state index in [1.54, 1.807) is 6.07 Å². The fourth-order valence-corrected chi connectivity index (χ4v) is 2.60. The molecular weight excluding hydrogens is 333 g/mol. The second-order valence-corrected chi connectivity index (χ2v) is 5.54. The van der Waals surface area contributed by atoms with Crippen molar-refractivity contribution in [1.82, 2.24) is 0 Å². The molecule has 2 atom stereocenters. The van der Waals surface area contributed by atoms with Gasteiger partial charge in [-0.2, -0.15) is 13.2 Å². The third kappa shape index (κ3) is 6.66. The molecule has 1 aromatic rings. The zero-order valence-electron chi connectivity index (χ0n) is 12.4. The van der Waals surface area contributed by atoms with E-state index < -0.39 is 12.8 Å². The number of alkyl halides is 3. The van der Waals surface area contributed by atoms with Crippen LogP contribution in [0.1, 0.15) is 25.7 Å². The van der Waals surface area contributed by atoms with Crippen LogP contribution in [-0.2, 0) is 4.79 Å². The first kappa shape index (κ1) is 19.6. The van der Waals surface area contributed by atoms with Gasteiger partial charge in [0.1, 0.15) is 5.75 Å². The van der Waals surface area contributed by atoms with Crippen LogP contribution < -0.4 is 15.8 Å². The monoisotopic (exact) mass is 352 g/mol. The van der Waals surface area contributed by atoms with Crippen LogP contribution in [0.5, 0.6) is 5.75 Å². The fraction of sp³-hybridized carbons (Fsp3) is 0.533. The van der Waals surface area contributed by atoms with E-state index in [4.69, 9.17) is 5.73 Å². The van der Waals surface area contributed by atoms with E-state index in [9.17, 15) is 18.0 Å². The molecule has 1 aliphatic rings. The number of hydrogen-bond donors (Lipinski definition) is 2. The Hall–Kier alpha value is -1.47. The number of nitrogens with one attached hydrogen (secondary N) is 1. The maximum Gasteiger partial charge on any atom is 0.422 e. The Bertz CT molecular complexity index is 526. The lowest BCUT2D eigenvalue weighted by atomic mass is 10.00. The summed E-state index contributed by atoms with van der Waals surface area (Å²) in [5, 5.41) is 2.67. The standard InChI is InChI=1S/C15H19F3N2O2.ClH/c16-15(17,18)9-22-12-5-2-4-11(8-12)20-14(21)7-10-3-1-6-13(10)19;/h2,4-5,8,10,13H,1,3,6-7,9,19H2,(H,20,21);1H/t10-,13+;/m0./s1. The summed E-state index contributed by atoms with van der Waals surface area (Å²) in [6.45, 7) is -1.36. The molecule has 1 amide bonds. The van der Waals surface area contributed by atoms with Crippen molar-refractivity contribution in [3.63, 3.8) is 0 Å². The minimum Gasteiger partial charge on any atom is -0.484 e. The van der Waals surface area contributed by atoms with Crippen molar-refractivity contribution in [1.29, 1.82) is 0 Å². The van der Waals surface area contributed by atoms with Gasteiger partial charge in [-0.1, -0.05) is 12.5 Å². The van der Waals surface area contributed by atoms with Crippen LogP contribution in [0.25, 0.3) is 0 Å². The Labute approximate surface area is 139 Å². The molecule has 4 nitrogen and oxygen atoms in total. The zero-order valence-corrected chi connectivity index (χ0v) is 13.3. The number of hydrogen-bond acceptors (Lipinski definition) is 3. The van der Waals surface area contributed by atoms with Crippen LogP contribution >= 0.6 is 12.4 Å². The van der Waals surface area contributed by atoms with E-state index in [0.29, 0.717) is 12.1 Å². The smallest absolute Gasteiger partial charge is 0.422 e. The van der Waals surface area contributed by atoms with Crippen LogP contribution in [0.2, 0.25) is 0 Å². The Kier molecular flexibility index (Phi) is 7.15. The van der Waals surface area contributed by atoms with Gasteiger partial charge in [-0.3, -0.25) is 4.79 Å². The molecule has 8 heteroatoms. The van der Waals surface area contributed by atoms with Crippen molar-refractivity contribution in [3.05, 3.63) is 24.3 Å². The van der Waals surface area contributed by atoms with Crippen molar-refractivity contribution >= 4 is 24.0 Å². The number of benzene rings is 1. The summed E-state index contributed by atoms with van der Waals surface area (Å²) in [5.74, 6) is 0.0488. The normalized spacial score (nSPS) is 20.7. The van der Waals surface area contributed by atoms with Crippen LogP contribution in [0.3, 0.4) is 0 Å². The number of nitrogens with two attached hydrogens (primary N) is 1. The molecule has 130 valence electrons. The molecule has 23 heavy (non-hydrogen) atoms. The predicted molar refractivity (Wildman–Crippen MR) is 83.8 cm³/mol. The van der Waals surface area contributed by atoms with Crippen LogP contribution in [0.4, 0.5) is 18.9 Å². The molecule has 0 bridgehead atoms. The number of anilines is 1. The van der Waals surface area contributed by atoms with Crippen LogP contribution in [-0.4, -0.2) is 24.7 Å². The van der Waals surface area contributed by atoms with Crippen molar-refractivity contribution < 1.29 is 22.7 Å². The minimum atomic E-state index is -4.39. The van der Waals surface area contributed by atoms with Gasteiger partial charge < -0.3 is 15.8 Å². The maximum absolute atomic E-state index is 12.1. The summed E-state index contributed by atoms with van der Waals surface area (Å²) in [6.07, 6.45) is -1.17. The van der Waals surface area contributed by atoms with E-state index in [1.165, 1.54) is 18.2 Å². The number of amides is 1. The Morgan fingerprint density at radius 2 is 2.09 bits per heavy atom. The molecule has 0 aromatic heterocycles. The molecule has 0 spiro atoms. The summed E-state index contributed by atoms with van der Waals surface area (Å²) in [5.41, 5.74) is 6.33. The average Bonchev–Trinajstić information content (AvgIpc) is 2.81. The average molecular weight is 353 g/mol. The highest BCUT2D eigenvalue weighted by atomic mass is 35.5. The maximum atomic E-state index is 12.1. The van der Waals surface area contributed by atoms with Gasteiger partial charge in [-0.15, -0.1) is 12.4 Å². The second kappa shape index (κ2) is 8.40. The van der Waals surface area contributed by atoms with Gasteiger partial charge in [0, 0.05) is 24.2 Å². The number of rotatable bonds is 5. The molecule has 0 aliphatic heterocycles. The molecule has 1 aromatic carbocycles. The van der Waals surface area contributed by atoms with Crippen molar-refractivity contribution in [2.24, 2.45) is 11.7 Å². The van der Waals surface area contributed by atoms with Crippen LogP contribution in [0, 0.1) is 5.92 Å². The lowest BCUT2D eigenvalue weighted by Crippen LogP contribution is -2.28. The summed E-state index contributed by atoms with van der Waals surface area (Å²) in [7, 11) is 0. The van der Waals surface area contributed by atoms with Crippen molar-refractivity contribution in [2.75, 3.05) is 11.9 Å². The number of carbonyl (C=O) groups is 1. The molecule has 0 radical (unpaired) electrons. The van der Waals surface area contributed by atoms with E-state index >= 15 is 0 Å². The van der Waals surface area contributed by atoms with Crippen molar-refractivity contribution in [2.45, 2.75) is 37.9 Å². The summed E-state index contributed by atoms with van der Waals surface area (Å²) >= 11 is 0. The van der Waals surface area contributed by atoms with Gasteiger partial charge in [-0.25, -0.2) is 0 Å². The first-order valence-corrected chi connectivity index (χ1v) is 7.18.